The number of ether oxygens (including phenoxy) is 1. The molecule has 4 rings (SSSR count). The number of hydrogen-bond acceptors (Lipinski definition) is 8. The lowest BCUT2D eigenvalue weighted by Crippen LogP contribution is -2.50. The Morgan fingerprint density at radius 2 is 1.91 bits per heavy atom. The van der Waals surface area contributed by atoms with Gasteiger partial charge in [0.2, 0.25) is 22.9 Å². The lowest BCUT2D eigenvalue weighted by atomic mass is 10.0. The highest BCUT2D eigenvalue weighted by Gasteiger charge is 2.56. The van der Waals surface area contributed by atoms with E-state index in [4.69, 9.17) is 10.5 Å². The second-order valence-corrected chi connectivity index (χ2v) is 7.35. The number of nitrogen functional groups attached to an aromatic ring is 1. The molecule has 0 aliphatic carbocycles. The van der Waals surface area contributed by atoms with Crippen LogP contribution in [-0.4, -0.2) is 43.4 Å². The lowest BCUT2D eigenvalue weighted by Gasteiger charge is -2.25. The van der Waals surface area contributed by atoms with Crippen LogP contribution in [-0.2, 0) is 12.1 Å². The van der Waals surface area contributed by atoms with Gasteiger partial charge in [0.05, 0.1) is 13.3 Å². The van der Waals surface area contributed by atoms with Crippen LogP contribution in [0.2, 0.25) is 0 Å². The summed E-state index contributed by atoms with van der Waals surface area (Å²) in [6.45, 7) is 0.313. The van der Waals surface area contributed by atoms with Crippen LogP contribution in [0, 0.1) is 5.21 Å². The number of halogens is 3. The first-order valence-electron chi connectivity index (χ1n) is 9.54. The smallest absolute Gasteiger partial charge is 0.427 e. The first-order chi connectivity index (χ1) is 15.5. The van der Waals surface area contributed by atoms with Crippen molar-refractivity contribution in [3.63, 3.8) is 0 Å². The summed E-state index contributed by atoms with van der Waals surface area (Å²) in [5.74, 6) is 0.465. The monoisotopic (exact) mass is 461 g/mol. The fourth-order valence-corrected chi connectivity index (χ4v) is 3.32. The minimum Gasteiger partial charge on any atom is -0.618 e. The number of pyridine rings is 1. The van der Waals surface area contributed by atoms with Gasteiger partial charge in [-0.15, -0.1) is 5.10 Å². The summed E-state index contributed by atoms with van der Waals surface area (Å²) in [4.78, 5) is 8.43. The number of aromatic nitrogens is 6. The topological polar surface area (TPSA) is 139 Å². The van der Waals surface area contributed by atoms with Crippen molar-refractivity contribution in [2.24, 2.45) is 0 Å². The molecule has 4 aromatic rings. The molecule has 3 aromatic heterocycles. The summed E-state index contributed by atoms with van der Waals surface area (Å²) in [6, 6.07) is 8.70. The molecule has 0 spiro atoms. The number of nitrogens with zero attached hydrogens (tertiary/aromatic N) is 6. The summed E-state index contributed by atoms with van der Waals surface area (Å²) in [5, 5.41) is 31.1. The van der Waals surface area contributed by atoms with Crippen LogP contribution in [0.25, 0.3) is 22.3 Å². The molecule has 13 heteroatoms. The standard InChI is InChI=1S/C20H18F3N7O3/c1-19(31,20(21,22)23)15-8-3-5-11(30(15)32)9-29-10-13(27-28-29)16-12-6-4-7-14(33-2)17(12)26-18(24)25-16/h3-8,10,31H,9H2,1-2H3,(H2,24,25,26). The molecule has 3 heterocycles. The van der Waals surface area contributed by atoms with E-state index in [1.165, 1.54) is 30.1 Å². The highest BCUT2D eigenvalue weighted by atomic mass is 19.4. The summed E-state index contributed by atoms with van der Waals surface area (Å²) in [5.41, 5.74) is 2.72. The minimum absolute atomic E-state index is 0.0176. The van der Waals surface area contributed by atoms with Crippen LogP contribution in [0.1, 0.15) is 18.3 Å². The molecule has 0 aliphatic rings. The van der Waals surface area contributed by atoms with E-state index in [-0.39, 0.29) is 22.9 Å². The first kappa shape index (κ1) is 22.2. The fraction of sp³-hybridized carbons (Fsp3) is 0.250. The van der Waals surface area contributed by atoms with E-state index < -0.39 is 17.5 Å². The van der Waals surface area contributed by atoms with Gasteiger partial charge in [0.25, 0.3) is 0 Å². The van der Waals surface area contributed by atoms with Crippen molar-refractivity contribution in [3.8, 4) is 17.1 Å². The molecule has 1 unspecified atom stereocenters. The average Bonchev–Trinajstić information content (AvgIpc) is 3.21. The van der Waals surface area contributed by atoms with Gasteiger partial charge in [0.15, 0.2) is 0 Å². The van der Waals surface area contributed by atoms with Gasteiger partial charge < -0.3 is 20.8 Å². The van der Waals surface area contributed by atoms with Gasteiger partial charge in [-0.1, -0.05) is 17.3 Å². The Bertz CT molecular complexity index is 1340. The quantitative estimate of drug-likeness (QED) is 0.340. The fourth-order valence-electron chi connectivity index (χ4n) is 3.32. The predicted molar refractivity (Wildman–Crippen MR) is 110 cm³/mol. The molecular weight excluding hydrogens is 443 g/mol. The lowest BCUT2D eigenvalue weighted by molar-refractivity contribution is -0.635. The van der Waals surface area contributed by atoms with E-state index in [1.807, 2.05) is 0 Å². The third-order valence-electron chi connectivity index (χ3n) is 5.11. The molecule has 0 aliphatic heterocycles. The molecule has 0 saturated carbocycles. The number of rotatable bonds is 5. The Morgan fingerprint density at radius 1 is 1.18 bits per heavy atom. The third kappa shape index (κ3) is 3.86. The summed E-state index contributed by atoms with van der Waals surface area (Å²) >= 11 is 0. The van der Waals surface area contributed by atoms with Crippen molar-refractivity contribution in [1.82, 2.24) is 25.0 Å². The number of fused-ring (bicyclic) bond motifs is 1. The number of hydrogen-bond donors (Lipinski definition) is 2. The molecule has 33 heavy (non-hydrogen) atoms. The van der Waals surface area contributed by atoms with Crippen LogP contribution in [0.4, 0.5) is 19.1 Å². The van der Waals surface area contributed by atoms with Gasteiger partial charge in [-0.05, 0) is 19.1 Å². The maximum atomic E-state index is 13.2. The van der Waals surface area contributed by atoms with Crippen molar-refractivity contribution in [2.75, 3.05) is 12.8 Å². The highest BCUT2D eigenvalue weighted by Crippen LogP contribution is 2.37. The van der Waals surface area contributed by atoms with Crippen LogP contribution in [0.15, 0.2) is 42.6 Å². The zero-order valence-electron chi connectivity index (χ0n) is 17.4. The second kappa shape index (κ2) is 7.85. The van der Waals surface area contributed by atoms with E-state index in [0.29, 0.717) is 35.0 Å². The van der Waals surface area contributed by atoms with Crippen LogP contribution in [0.5, 0.6) is 5.75 Å². The van der Waals surface area contributed by atoms with Gasteiger partial charge in [0, 0.05) is 17.5 Å². The maximum absolute atomic E-state index is 13.2. The van der Waals surface area contributed by atoms with Gasteiger partial charge >= 0.3 is 6.18 Å². The molecule has 172 valence electrons. The molecule has 0 radical (unpaired) electrons. The van der Waals surface area contributed by atoms with Gasteiger partial charge in [-0.2, -0.15) is 17.9 Å². The molecule has 1 atom stereocenters. The molecule has 1 aromatic carbocycles. The Labute approximate surface area is 184 Å². The van der Waals surface area contributed by atoms with Gasteiger partial charge in [-0.25, -0.2) is 14.6 Å². The number of anilines is 1. The SMILES string of the molecule is COc1cccc2c(-c3cn(Cc4cccc(C(C)(O)C(F)(F)F)[n+]4[O-])nn3)nc(N)nc12. The van der Waals surface area contributed by atoms with Crippen LogP contribution < -0.4 is 15.2 Å². The maximum Gasteiger partial charge on any atom is 0.427 e. The molecular formula is C20H18F3N7O3. The molecule has 0 saturated heterocycles. The van der Waals surface area contributed by atoms with E-state index in [0.717, 1.165) is 6.07 Å². The number of aliphatic hydroxyl groups is 1. The average molecular weight is 461 g/mol. The molecule has 0 fully saturated rings. The van der Waals surface area contributed by atoms with Crippen molar-refractivity contribution < 1.29 is 27.7 Å². The summed E-state index contributed by atoms with van der Waals surface area (Å²) in [6.07, 6.45) is -3.57. The van der Waals surface area contributed by atoms with Gasteiger partial charge in [-0.3, -0.25) is 0 Å². The van der Waals surface area contributed by atoms with Crippen molar-refractivity contribution in [1.29, 1.82) is 0 Å². The molecule has 3 N–H and O–H groups in total. The number of methoxy groups -OCH3 is 1. The Hall–Kier alpha value is -4.00. The van der Waals surface area contributed by atoms with Crippen molar-refractivity contribution in [3.05, 3.63) is 59.2 Å². The molecule has 0 amide bonds. The first-order valence-corrected chi connectivity index (χ1v) is 9.54. The Balaban J connectivity index is 1.72. The summed E-state index contributed by atoms with van der Waals surface area (Å²) in [7, 11) is 1.49. The van der Waals surface area contributed by atoms with Crippen molar-refractivity contribution >= 4 is 16.9 Å². The Morgan fingerprint density at radius 3 is 2.61 bits per heavy atom. The summed E-state index contributed by atoms with van der Waals surface area (Å²) < 4.78 is 46.2. The van der Waals surface area contributed by atoms with E-state index >= 15 is 0 Å². The number of alkyl halides is 3. The van der Waals surface area contributed by atoms with Gasteiger partial charge in [0.1, 0.15) is 29.2 Å². The minimum atomic E-state index is -5.03. The van der Waals surface area contributed by atoms with Crippen molar-refractivity contribution in [2.45, 2.75) is 25.2 Å². The van der Waals surface area contributed by atoms with E-state index in [1.54, 1.807) is 18.2 Å². The van der Waals surface area contributed by atoms with Crippen LogP contribution in [0.3, 0.4) is 0 Å². The van der Waals surface area contributed by atoms with Crippen LogP contribution >= 0.6 is 0 Å². The van der Waals surface area contributed by atoms with E-state index in [9.17, 15) is 23.5 Å². The molecule has 10 nitrogen and oxygen atoms in total. The number of benzene rings is 1. The predicted octanol–water partition coefficient (Wildman–Crippen LogP) is 1.93. The Kier molecular flexibility index (Phi) is 5.28. The number of para-hydroxylation sites is 1. The van der Waals surface area contributed by atoms with E-state index in [2.05, 4.69) is 20.3 Å². The third-order valence-corrected chi connectivity index (χ3v) is 5.11. The largest absolute Gasteiger partial charge is 0.618 e. The second-order valence-electron chi connectivity index (χ2n) is 7.35. The zero-order chi connectivity index (χ0) is 24.0. The highest BCUT2D eigenvalue weighted by molar-refractivity contribution is 5.95. The number of nitrogens with two attached hydrogens (primary N) is 1. The molecule has 0 bridgehead atoms. The normalized spacial score (nSPS) is 13.8. The zero-order valence-corrected chi connectivity index (χ0v) is 17.4.